The number of hydrogen-bond donors (Lipinski definition) is 3. The van der Waals surface area contributed by atoms with Gasteiger partial charge in [-0.25, -0.2) is 0 Å². The molecule has 0 aliphatic carbocycles. The molecule has 3 N–H and O–H groups in total. The molecular formula is C25H52O6. The first kappa shape index (κ1) is 30.8. The molecule has 0 saturated heterocycles. The highest BCUT2D eigenvalue weighted by Crippen LogP contribution is 2.35. The molecule has 0 radical (unpaired) electrons. The Balaban J connectivity index is 5.78. The van der Waals surface area contributed by atoms with Gasteiger partial charge in [-0.3, -0.25) is 0 Å². The first-order valence-electron chi connectivity index (χ1n) is 12.1. The highest BCUT2D eigenvalue weighted by Gasteiger charge is 2.39. The molecule has 2 unspecified atom stereocenters. The highest BCUT2D eigenvalue weighted by molar-refractivity contribution is 4.86. The molecule has 0 saturated carbocycles. The normalized spacial score (nSPS) is 18.6. The third-order valence-corrected chi connectivity index (χ3v) is 6.55. The summed E-state index contributed by atoms with van der Waals surface area (Å²) in [7, 11) is 0. The summed E-state index contributed by atoms with van der Waals surface area (Å²) in [4.78, 5) is 0. The van der Waals surface area contributed by atoms with Crippen molar-refractivity contribution in [3.8, 4) is 0 Å². The van der Waals surface area contributed by atoms with Gasteiger partial charge < -0.3 is 29.5 Å². The van der Waals surface area contributed by atoms with Gasteiger partial charge in [-0.2, -0.15) is 0 Å². The Hall–Kier alpha value is -0.240. The van der Waals surface area contributed by atoms with Crippen LogP contribution in [0.1, 0.15) is 93.9 Å². The van der Waals surface area contributed by atoms with E-state index in [0.717, 1.165) is 19.3 Å². The van der Waals surface area contributed by atoms with Gasteiger partial charge in [0.1, 0.15) is 0 Å². The van der Waals surface area contributed by atoms with E-state index in [1.807, 2.05) is 27.7 Å². The largest absolute Gasteiger partial charge is 0.396 e. The Kier molecular flexibility index (Phi) is 14.0. The second-order valence-electron chi connectivity index (χ2n) is 10.8. The monoisotopic (exact) mass is 448 g/mol. The van der Waals surface area contributed by atoms with Gasteiger partial charge >= 0.3 is 0 Å². The van der Waals surface area contributed by atoms with E-state index in [2.05, 4.69) is 27.7 Å². The summed E-state index contributed by atoms with van der Waals surface area (Å²) >= 11 is 0. The molecule has 6 nitrogen and oxygen atoms in total. The molecule has 2 atom stereocenters. The van der Waals surface area contributed by atoms with Crippen molar-refractivity contribution in [2.45, 2.75) is 111 Å². The van der Waals surface area contributed by atoms with Crippen LogP contribution in [0.25, 0.3) is 0 Å². The lowest BCUT2D eigenvalue weighted by molar-refractivity contribution is -0.173. The average Bonchev–Trinajstić information content (AvgIpc) is 2.69. The molecule has 0 aromatic rings. The fourth-order valence-corrected chi connectivity index (χ4v) is 3.69. The molecule has 0 bridgehead atoms. The molecule has 0 rings (SSSR count). The molecule has 0 aromatic heterocycles. The van der Waals surface area contributed by atoms with Crippen molar-refractivity contribution >= 4 is 0 Å². The van der Waals surface area contributed by atoms with Crippen LogP contribution >= 0.6 is 0 Å². The molecule has 31 heavy (non-hydrogen) atoms. The second-order valence-corrected chi connectivity index (χ2v) is 10.8. The number of rotatable bonds is 19. The lowest BCUT2D eigenvalue weighted by atomic mass is 9.81. The van der Waals surface area contributed by atoms with E-state index in [-0.39, 0.29) is 25.2 Å². The highest BCUT2D eigenvalue weighted by atomic mass is 16.5. The minimum absolute atomic E-state index is 0.0754. The maximum Gasteiger partial charge on any atom is 0.0674 e. The summed E-state index contributed by atoms with van der Waals surface area (Å²) in [6.45, 7) is 18.2. The Morgan fingerprint density at radius 1 is 0.645 bits per heavy atom. The summed E-state index contributed by atoms with van der Waals surface area (Å²) in [5, 5.41) is 28.4. The van der Waals surface area contributed by atoms with Gasteiger partial charge in [0.2, 0.25) is 0 Å². The van der Waals surface area contributed by atoms with Crippen LogP contribution in [0.2, 0.25) is 0 Å². The fraction of sp³-hybridized carbons (Fsp3) is 1.00. The Morgan fingerprint density at radius 3 is 1.35 bits per heavy atom. The summed E-state index contributed by atoms with van der Waals surface area (Å²) < 4.78 is 19.2. The number of ether oxygens (including phenoxy) is 3. The van der Waals surface area contributed by atoms with Gasteiger partial charge in [-0.1, -0.05) is 27.7 Å². The van der Waals surface area contributed by atoms with E-state index in [0.29, 0.717) is 45.0 Å². The van der Waals surface area contributed by atoms with E-state index in [4.69, 9.17) is 14.2 Å². The summed E-state index contributed by atoms with van der Waals surface area (Å²) in [5.74, 6) is 0.410. The van der Waals surface area contributed by atoms with Crippen molar-refractivity contribution in [1.82, 2.24) is 0 Å². The topological polar surface area (TPSA) is 88.4 Å². The molecule has 0 aliphatic heterocycles. The molecule has 188 valence electrons. The SMILES string of the molecule is CCC(C)(CCO)OCC(COC(C)(C)CCO)(COC(C)(CC)CCO)CC(C)C. The van der Waals surface area contributed by atoms with Crippen LogP contribution in [0.5, 0.6) is 0 Å². The maximum atomic E-state index is 9.50. The van der Waals surface area contributed by atoms with Crippen LogP contribution in [0, 0.1) is 11.3 Å². The van der Waals surface area contributed by atoms with Crippen molar-refractivity contribution in [3.05, 3.63) is 0 Å². The van der Waals surface area contributed by atoms with Crippen molar-refractivity contribution in [2.75, 3.05) is 39.6 Å². The average molecular weight is 449 g/mol. The number of hydrogen-bond acceptors (Lipinski definition) is 6. The van der Waals surface area contributed by atoms with Gasteiger partial charge in [0, 0.05) is 25.2 Å². The Morgan fingerprint density at radius 2 is 1.03 bits per heavy atom. The minimum Gasteiger partial charge on any atom is -0.396 e. The minimum atomic E-state index is -0.449. The molecule has 0 aliphatic rings. The zero-order valence-corrected chi connectivity index (χ0v) is 21.6. The summed E-state index contributed by atoms with van der Waals surface area (Å²) in [6, 6.07) is 0. The van der Waals surface area contributed by atoms with Crippen LogP contribution < -0.4 is 0 Å². The first-order valence-corrected chi connectivity index (χ1v) is 12.1. The second kappa shape index (κ2) is 14.1. The van der Waals surface area contributed by atoms with Gasteiger partial charge in [-0.15, -0.1) is 0 Å². The third kappa shape index (κ3) is 12.0. The molecule has 0 fully saturated rings. The Bertz CT molecular complexity index is 443. The van der Waals surface area contributed by atoms with Crippen molar-refractivity contribution in [2.24, 2.45) is 11.3 Å². The third-order valence-electron chi connectivity index (χ3n) is 6.55. The van der Waals surface area contributed by atoms with Crippen molar-refractivity contribution in [1.29, 1.82) is 0 Å². The zero-order chi connectivity index (χ0) is 24.2. The van der Waals surface area contributed by atoms with Crippen LogP contribution in [-0.2, 0) is 14.2 Å². The van der Waals surface area contributed by atoms with Crippen LogP contribution in [0.15, 0.2) is 0 Å². The van der Waals surface area contributed by atoms with Gasteiger partial charge in [0.25, 0.3) is 0 Å². The van der Waals surface area contributed by atoms with Gasteiger partial charge in [0.05, 0.1) is 36.6 Å². The van der Waals surface area contributed by atoms with Crippen molar-refractivity contribution in [3.63, 3.8) is 0 Å². The standard InChI is InChI=1S/C25H52O6/c1-9-23(7,12-15-27)30-19-25(17-21(3)4,18-29-22(5,6)11-14-26)20-31-24(8,10-2)13-16-28/h21,26-28H,9-20H2,1-8H3. The van der Waals surface area contributed by atoms with Crippen LogP contribution in [0.4, 0.5) is 0 Å². The summed E-state index contributed by atoms with van der Waals surface area (Å²) in [5.41, 5.74) is -1.64. The Labute approximate surface area is 191 Å². The summed E-state index contributed by atoms with van der Waals surface area (Å²) in [6.07, 6.45) is 4.19. The van der Waals surface area contributed by atoms with Gasteiger partial charge in [-0.05, 0) is 72.1 Å². The van der Waals surface area contributed by atoms with Crippen LogP contribution in [-0.4, -0.2) is 71.8 Å². The maximum absolute atomic E-state index is 9.50. The predicted molar refractivity (Wildman–Crippen MR) is 126 cm³/mol. The van der Waals surface area contributed by atoms with E-state index in [1.54, 1.807) is 0 Å². The molecule has 0 heterocycles. The quantitative estimate of drug-likeness (QED) is 0.273. The lowest BCUT2D eigenvalue weighted by Gasteiger charge is -2.42. The molecule has 0 spiro atoms. The van der Waals surface area contributed by atoms with E-state index < -0.39 is 16.8 Å². The lowest BCUT2D eigenvalue weighted by Crippen LogP contribution is -2.46. The van der Waals surface area contributed by atoms with Crippen molar-refractivity contribution < 1.29 is 29.5 Å². The number of aliphatic hydroxyl groups is 3. The van der Waals surface area contributed by atoms with Gasteiger partial charge in [0.15, 0.2) is 0 Å². The first-order chi connectivity index (χ1) is 14.3. The van der Waals surface area contributed by atoms with E-state index >= 15 is 0 Å². The predicted octanol–water partition coefficient (Wildman–Crippen LogP) is 4.33. The molecule has 0 aromatic carbocycles. The van der Waals surface area contributed by atoms with Crippen LogP contribution in [0.3, 0.4) is 0 Å². The van der Waals surface area contributed by atoms with E-state index in [9.17, 15) is 15.3 Å². The number of aliphatic hydroxyl groups excluding tert-OH is 3. The zero-order valence-electron chi connectivity index (χ0n) is 21.6. The molecular weight excluding hydrogens is 396 g/mol. The smallest absolute Gasteiger partial charge is 0.0674 e. The molecule has 6 heteroatoms. The molecule has 0 amide bonds. The van der Waals surface area contributed by atoms with E-state index in [1.165, 1.54) is 0 Å². The fourth-order valence-electron chi connectivity index (χ4n) is 3.69.